The molecule has 0 amide bonds. The summed E-state index contributed by atoms with van der Waals surface area (Å²) < 4.78 is 82.1. The number of aromatic nitrogens is 4. The molecule has 5 atom stereocenters. The fraction of sp³-hybridized carbons (Fsp3) is 0.696. The number of anilines is 1. The number of nitrogens with two attached hydrogens (primary N) is 1. The Labute approximate surface area is 253 Å². The Balaban J connectivity index is 1.99. The van der Waals surface area contributed by atoms with Crippen LogP contribution in [0.5, 0.6) is 0 Å². The number of carbonyl (C=O) groups is 2. The number of fused-ring (bicyclic) bond motifs is 1. The number of aliphatic hydroxyl groups is 1. The van der Waals surface area contributed by atoms with Crippen LogP contribution >= 0.6 is 6.57 Å². The molecule has 3 rings (SSSR count). The average Bonchev–Trinajstić information content (AvgIpc) is 3.39. The van der Waals surface area contributed by atoms with Gasteiger partial charge >= 0.3 is 17.9 Å². The van der Waals surface area contributed by atoms with Gasteiger partial charge in [-0.05, 0) is 53.3 Å². The van der Waals surface area contributed by atoms with Crippen molar-refractivity contribution in [1.29, 1.82) is 0 Å². The highest BCUT2D eigenvalue weighted by molar-refractivity contribution is 8.10. The van der Waals surface area contributed by atoms with E-state index in [1.54, 1.807) is 27.7 Å². The molecule has 1 aliphatic heterocycles. The highest BCUT2D eigenvalue weighted by Crippen LogP contribution is 2.54. The zero-order chi connectivity index (χ0) is 33.4. The van der Waals surface area contributed by atoms with Gasteiger partial charge in [0.15, 0.2) is 30.1 Å². The second-order valence-electron chi connectivity index (χ2n) is 10.5. The summed E-state index contributed by atoms with van der Waals surface area (Å²) in [4.78, 5) is 46.7. The molecule has 3 heterocycles. The number of aromatic amines is 1. The van der Waals surface area contributed by atoms with Gasteiger partial charge in [-0.15, -0.1) is 0 Å². The first-order chi connectivity index (χ1) is 20.2. The van der Waals surface area contributed by atoms with Crippen molar-refractivity contribution in [2.24, 2.45) is 0 Å². The van der Waals surface area contributed by atoms with Crippen LogP contribution < -0.4 is 21.5 Å². The molecule has 2 aromatic rings. The van der Waals surface area contributed by atoms with Gasteiger partial charge in [0, 0.05) is 0 Å². The van der Waals surface area contributed by atoms with Crippen LogP contribution in [0.25, 0.3) is 11.2 Å². The highest BCUT2D eigenvalue weighted by Gasteiger charge is 2.74. The molecule has 0 saturated carbocycles. The Morgan fingerprint density at radius 2 is 1.68 bits per heavy atom. The molecule has 1 fully saturated rings. The van der Waals surface area contributed by atoms with Crippen molar-refractivity contribution in [2.75, 3.05) is 12.3 Å². The normalized spacial score (nSPS) is 24.5. The fourth-order valence-corrected chi connectivity index (χ4v) is 7.03. The van der Waals surface area contributed by atoms with Crippen molar-refractivity contribution in [2.45, 2.75) is 96.1 Å². The summed E-state index contributed by atoms with van der Waals surface area (Å²) in [7, 11) is 0. The quantitative estimate of drug-likeness (QED) is 0.116. The molecule has 6 N–H and O–H groups in total. The van der Waals surface area contributed by atoms with E-state index in [9.17, 15) is 28.3 Å². The lowest BCUT2D eigenvalue weighted by molar-refractivity contribution is -0.241. The Morgan fingerprint density at radius 1 is 1.16 bits per heavy atom. The molecule has 15 nitrogen and oxygen atoms in total. The lowest BCUT2D eigenvalue weighted by atomic mass is 9.95. The van der Waals surface area contributed by atoms with E-state index in [1.807, 2.05) is 0 Å². The summed E-state index contributed by atoms with van der Waals surface area (Å²) in [6.45, 7) is 3.14. The Hall–Kier alpha value is -2.74. The van der Waals surface area contributed by atoms with Gasteiger partial charge in [-0.2, -0.15) is 13.8 Å². The summed E-state index contributed by atoms with van der Waals surface area (Å²) in [5.41, 5.74) is 0.00789. The molecular weight excluding hydrogens is 641 g/mol. The van der Waals surface area contributed by atoms with Crippen LogP contribution in [-0.4, -0.2) is 91.5 Å². The summed E-state index contributed by atoms with van der Waals surface area (Å²) in [5, 5.41) is 15.7. The molecule has 248 valence electrons. The van der Waals surface area contributed by atoms with Crippen molar-refractivity contribution >= 4 is 47.4 Å². The van der Waals surface area contributed by atoms with Gasteiger partial charge in [-0.1, -0.05) is 0 Å². The molecule has 1 aliphatic rings. The lowest BCUT2D eigenvalue weighted by Crippen LogP contribution is -2.58. The van der Waals surface area contributed by atoms with Crippen LogP contribution in [0.3, 0.4) is 0 Å². The molecule has 0 radical (unpaired) electrons. The van der Waals surface area contributed by atoms with E-state index in [2.05, 4.69) is 25.1 Å². The lowest BCUT2D eigenvalue weighted by Gasteiger charge is -2.36. The van der Waals surface area contributed by atoms with Crippen LogP contribution in [0.2, 0.25) is 0 Å². The third kappa shape index (κ3) is 7.21. The molecule has 1 saturated heterocycles. The number of alkyl halides is 4. The van der Waals surface area contributed by atoms with Crippen LogP contribution in [-0.2, 0) is 40.1 Å². The predicted octanol–water partition coefficient (Wildman–Crippen LogP) is 1.33. The Kier molecular flexibility index (Phi) is 10.8. The van der Waals surface area contributed by atoms with Crippen molar-refractivity contribution in [3.63, 3.8) is 0 Å². The third-order valence-electron chi connectivity index (χ3n) is 6.21. The van der Waals surface area contributed by atoms with Gasteiger partial charge in [0.1, 0.15) is 12.1 Å². The third-order valence-corrected chi connectivity index (χ3v) is 9.11. The first kappa shape index (κ1) is 35.7. The van der Waals surface area contributed by atoms with Crippen LogP contribution in [0.1, 0.15) is 47.8 Å². The molecule has 0 spiro atoms. The smallest absolute Gasteiger partial charge is 0.323 e. The number of nitrogens with zero attached hydrogens (tertiary/aromatic N) is 3. The number of carbonyl (C=O) groups excluding carboxylic acids is 2. The first-order valence-corrected chi connectivity index (χ1v) is 15.9. The van der Waals surface area contributed by atoms with Crippen molar-refractivity contribution < 1.29 is 51.0 Å². The van der Waals surface area contributed by atoms with Crippen molar-refractivity contribution in [3.8, 4) is 0 Å². The Bertz CT molecular complexity index is 1440. The topological polar surface area (TPSA) is 205 Å². The number of H-pyrrole nitrogens is 1. The van der Waals surface area contributed by atoms with E-state index in [0.717, 1.165) is 6.33 Å². The molecule has 0 aromatic carbocycles. The summed E-state index contributed by atoms with van der Waals surface area (Å²) in [6.07, 6.45) is -9.49. The monoisotopic (exact) mass is 675 g/mol. The number of nitrogen functional groups attached to an aromatic ring is 1. The average molecular weight is 676 g/mol. The second kappa shape index (κ2) is 13.3. The van der Waals surface area contributed by atoms with E-state index in [0.29, 0.717) is 4.57 Å². The number of aliphatic hydroxyl groups excluding tert-OH is 1. The van der Waals surface area contributed by atoms with Gasteiger partial charge in [0.2, 0.25) is 11.5 Å². The molecule has 0 bridgehead atoms. The largest absolute Gasteiger partial charge is 0.462 e. The number of nitrogens with one attached hydrogen (secondary N) is 3. The van der Waals surface area contributed by atoms with E-state index in [-0.39, 0.29) is 0 Å². The van der Waals surface area contributed by atoms with Crippen LogP contribution in [0.4, 0.5) is 23.5 Å². The number of halogens is 4. The minimum atomic E-state index is -4.71. The number of imidazole rings is 1. The summed E-state index contributed by atoms with van der Waals surface area (Å²) >= 11 is 5.46. The summed E-state index contributed by atoms with van der Waals surface area (Å²) in [5.74, 6) is -6.83. The van der Waals surface area contributed by atoms with Crippen molar-refractivity contribution in [3.05, 3.63) is 16.7 Å². The minimum Gasteiger partial charge on any atom is -0.462 e. The predicted molar refractivity (Wildman–Crippen MR) is 150 cm³/mol. The molecule has 21 heteroatoms. The number of hydrogen-bond acceptors (Lipinski definition) is 12. The van der Waals surface area contributed by atoms with Crippen molar-refractivity contribution in [1.82, 2.24) is 29.7 Å². The van der Waals surface area contributed by atoms with Gasteiger partial charge in [-0.3, -0.25) is 23.9 Å². The van der Waals surface area contributed by atoms with Gasteiger partial charge < -0.3 is 29.6 Å². The standard InChI is InChI=1S/C23H34F4N7O8PS/c1-9(2)40-18(37)11(5)32-43(44,33-12(6)19(38)41-10(3)4)39-7-22(20(24)25)23(26,27)14(35)17(42-22)34-8-29-13-15(34)30-21(28)31-16(13)36/h8-12,14,17,20,35H,7H2,1-6H3,(H2,32,33,44)(H3,28,30,31,36). The Morgan fingerprint density at radius 3 is 2.16 bits per heavy atom. The maximum absolute atomic E-state index is 15.7. The number of ether oxygens (including phenoxy) is 3. The van der Waals surface area contributed by atoms with Gasteiger partial charge in [0.05, 0.1) is 25.1 Å². The van der Waals surface area contributed by atoms with E-state index < -0.39 is 102 Å². The van der Waals surface area contributed by atoms with Crippen LogP contribution in [0, 0.1) is 0 Å². The molecule has 2 aromatic heterocycles. The molecule has 0 aliphatic carbocycles. The maximum atomic E-state index is 15.7. The SMILES string of the molecule is CC(C)OC(=O)C(C)NP(=S)(NC(C)C(=O)OC(C)C)OCC1(C(F)F)OC(n2cnc3c(=O)[nH]c(N)nc32)C(O)C1(F)F. The van der Waals surface area contributed by atoms with Gasteiger partial charge in [-0.25, -0.2) is 23.9 Å². The minimum absolute atomic E-state index is 0.391. The first-order valence-electron chi connectivity index (χ1n) is 13.2. The highest BCUT2D eigenvalue weighted by atomic mass is 32.4. The second-order valence-corrected chi connectivity index (χ2v) is 14.0. The zero-order valence-electron chi connectivity index (χ0n) is 24.4. The van der Waals surface area contributed by atoms with Crippen LogP contribution in [0.15, 0.2) is 11.1 Å². The van der Waals surface area contributed by atoms with E-state index in [1.165, 1.54) is 13.8 Å². The fourth-order valence-electron chi connectivity index (χ4n) is 4.10. The number of esters is 2. The molecular formula is C23H34F4N7O8PS. The zero-order valence-corrected chi connectivity index (χ0v) is 26.1. The maximum Gasteiger partial charge on any atom is 0.323 e. The molecule has 44 heavy (non-hydrogen) atoms. The molecule has 5 unspecified atom stereocenters. The number of rotatable bonds is 13. The van der Waals surface area contributed by atoms with Gasteiger partial charge in [0.25, 0.3) is 12.0 Å². The van der Waals surface area contributed by atoms with E-state index >= 15 is 8.78 Å². The van der Waals surface area contributed by atoms with E-state index in [4.69, 9.17) is 36.3 Å². The number of hydrogen-bond donors (Lipinski definition) is 5. The summed E-state index contributed by atoms with van der Waals surface area (Å²) in [6, 6.07) is -2.52.